The molecular weight excluding hydrogens is 444 g/mol. The monoisotopic (exact) mass is 468 g/mol. The maximum Gasteiger partial charge on any atom is 0.226 e. The van der Waals surface area contributed by atoms with E-state index in [9.17, 15) is 10.1 Å². The minimum absolute atomic E-state index is 0.131. The zero-order valence-electron chi connectivity index (χ0n) is 18.2. The molecule has 0 bridgehead atoms. The molecule has 2 heterocycles. The first-order chi connectivity index (χ1) is 15.6. The van der Waals surface area contributed by atoms with Gasteiger partial charge in [-0.3, -0.25) is 4.79 Å². The Morgan fingerprint density at radius 1 is 1.19 bits per heavy atom. The highest BCUT2D eigenvalue weighted by Crippen LogP contribution is 2.33. The number of rotatable bonds is 10. The molecule has 0 atom stereocenters. The molecule has 32 heavy (non-hydrogen) atoms. The summed E-state index contributed by atoms with van der Waals surface area (Å²) in [4.78, 5) is 21.4. The van der Waals surface area contributed by atoms with Crippen molar-refractivity contribution in [3.63, 3.8) is 0 Å². The van der Waals surface area contributed by atoms with E-state index in [-0.39, 0.29) is 5.91 Å². The number of hydrogen-bond donors (Lipinski definition) is 1. The number of hydrogen-bond acceptors (Lipinski definition) is 8. The summed E-state index contributed by atoms with van der Waals surface area (Å²) in [6.07, 6.45) is 2.15. The fourth-order valence-corrected chi connectivity index (χ4v) is 4.62. The second kappa shape index (κ2) is 11.5. The minimum Gasteiger partial charge on any atom is -0.493 e. The molecule has 0 aliphatic rings. The minimum atomic E-state index is -0.131. The van der Waals surface area contributed by atoms with E-state index < -0.39 is 0 Å². The van der Waals surface area contributed by atoms with Gasteiger partial charge in [0.1, 0.15) is 11.1 Å². The molecule has 0 fully saturated rings. The number of aryl methyl sites for hydroxylation is 1. The van der Waals surface area contributed by atoms with Crippen molar-refractivity contribution in [1.82, 2.24) is 9.97 Å². The van der Waals surface area contributed by atoms with Crippen LogP contribution in [0.4, 0.5) is 5.13 Å². The van der Waals surface area contributed by atoms with Gasteiger partial charge < -0.3 is 14.8 Å². The predicted molar refractivity (Wildman–Crippen MR) is 128 cm³/mol. The Labute approximate surface area is 195 Å². The number of carbonyl (C=O) groups excluding carboxylic acids is 1. The molecule has 3 aromatic rings. The van der Waals surface area contributed by atoms with Gasteiger partial charge in [-0.05, 0) is 36.8 Å². The van der Waals surface area contributed by atoms with Gasteiger partial charge in [-0.25, -0.2) is 9.97 Å². The van der Waals surface area contributed by atoms with Crippen molar-refractivity contribution in [3.05, 3.63) is 47.0 Å². The number of nitriles is 1. The molecule has 9 heteroatoms. The van der Waals surface area contributed by atoms with Crippen LogP contribution in [0.25, 0.3) is 11.3 Å². The molecule has 166 valence electrons. The quantitative estimate of drug-likeness (QED) is 0.410. The maximum absolute atomic E-state index is 12.4. The number of anilines is 1. The van der Waals surface area contributed by atoms with E-state index >= 15 is 0 Å². The van der Waals surface area contributed by atoms with Crippen LogP contribution in [0.15, 0.2) is 40.7 Å². The van der Waals surface area contributed by atoms with Crippen LogP contribution in [0.5, 0.6) is 11.5 Å². The number of thiazole rings is 1. The van der Waals surface area contributed by atoms with E-state index in [4.69, 9.17) is 9.47 Å². The molecule has 0 unspecified atom stereocenters. The predicted octanol–water partition coefficient (Wildman–Crippen LogP) is 5.17. The van der Waals surface area contributed by atoms with Crippen LogP contribution in [0.2, 0.25) is 0 Å². The molecule has 0 saturated carbocycles. The summed E-state index contributed by atoms with van der Waals surface area (Å²) >= 11 is 2.79. The number of aromatic nitrogens is 2. The number of pyridine rings is 1. The molecule has 0 aliphatic heterocycles. The SMILES string of the molecule is CCCc1ccc(C#N)c(SCCC(=O)Nc2nc(-c3ccc(OC)c(OC)c3)cs2)n1. The van der Waals surface area contributed by atoms with Gasteiger partial charge in [0.25, 0.3) is 0 Å². The van der Waals surface area contributed by atoms with E-state index in [2.05, 4.69) is 28.3 Å². The lowest BCUT2D eigenvalue weighted by Crippen LogP contribution is -2.12. The van der Waals surface area contributed by atoms with E-state index in [1.54, 1.807) is 20.3 Å². The van der Waals surface area contributed by atoms with Crippen LogP contribution >= 0.6 is 23.1 Å². The van der Waals surface area contributed by atoms with Crippen LogP contribution in [0, 0.1) is 11.3 Å². The van der Waals surface area contributed by atoms with Gasteiger partial charge in [0.2, 0.25) is 5.91 Å². The van der Waals surface area contributed by atoms with Gasteiger partial charge in [-0.2, -0.15) is 5.26 Å². The van der Waals surface area contributed by atoms with E-state index in [1.807, 2.05) is 29.6 Å². The summed E-state index contributed by atoms with van der Waals surface area (Å²) in [6, 6.07) is 11.4. The summed E-state index contributed by atoms with van der Waals surface area (Å²) in [5, 5.41) is 15.2. The number of nitrogens with zero attached hydrogens (tertiary/aromatic N) is 3. The second-order valence-corrected chi connectivity index (χ2v) is 8.71. The average Bonchev–Trinajstić information content (AvgIpc) is 3.27. The Morgan fingerprint density at radius 2 is 2.00 bits per heavy atom. The first-order valence-corrected chi connectivity index (χ1v) is 11.9. The summed E-state index contributed by atoms with van der Waals surface area (Å²) in [5.74, 6) is 1.66. The molecule has 0 aliphatic carbocycles. The zero-order chi connectivity index (χ0) is 22.9. The third kappa shape index (κ3) is 5.99. The van der Waals surface area contributed by atoms with Crippen LogP contribution in [-0.4, -0.2) is 35.8 Å². The van der Waals surface area contributed by atoms with Crippen LogP contribution in [-0.2, 0) is 11.2 Å². The van der Waals surface area contributed by atoms with Crippen molar-refractivity contribution in [1.29, 1.82) is 5.26 Å². The van der Waals surface area contributed by atoms with Crippen LogP contribution < -0.4 is 14.8 Å². The third-order valence-electron chi connectivity index (χ3n) is 4.54. The second-order valence-electron chi connectivity index (χ2n) is 6.77. The first-order valence-electron chi connectivity index (χ1n) is 10.1. The third-order valence-corrected chi connectivity index (χ3v) is 6.29. The standard InChI is InChI=1S/C23H24N4O3S2/c1-4-5-17-8-6-16(13-24)22(25-17)31-11-10-21(28)27-23-26-18(14-32-23)15-7-9-19(29-2)20(12-15)30-3/h6-9,12,14H,4-5,10-11H2,1-3H3,(H,26,27,28). The topological polar surface area (TPSA) is 97.1 Å². The van der Waals surface area contributed by atoms with Crippen molar-refractivity contribution in [3.8, 4) is 28.8 Å². The lowest BCUT2D eigenvalue weighted by Gasteiger charge is -2.08. The van der Waals surface area contributed by atoms with Crippen molar-refractivity contribution >= 4 is 34.1 Å². The maximum atomic E-state index is 12.4. The van der Waals surface area contributed by atoms with Crippen LogP contribution in [0.3, 0.4) is 0 Å². The Morgan fingerprint density at radius 3 is 2.72 bits per heavy atom. The highest BCUT2D eigenvalue weighted by molar-refractivity contribution is 7.99. The number of amides is 1. The van der Waals surface area contributed by atoms with Crippen molar-refractivity contribution in [2.24, 2.45) is 0 Å². The van der Waals surface area contributed by atoms with Gasteiger partial charge >= 0.3 is 0 Å². The zero-order valence-corrected chi connectivity index (χ0v) is 19.8. The van der Waals surface area contributed by atoms with Gasteiger partial charge in [0, 0.05) is 28.8 Å². The molecule has 0 spiro atoms. The van der Waals surface area contributed by atoms with Gasteiger partial charge in [-0.15, -0.1) is 23.1 Å². The average molecular weight is 469 g/mol. The summed E-state index contributed by atoms with van der Waals surface area (Å²) in [6.45, 7) is 2.09. The van der Waals surface area contributed by atoms with E-state index in [1.165, 1.54) is 23.1 Å². The molecule has 1 amide bonds. The molecule has 7 nitrogen and oxygen atoms in total. The molecule has 3 rings (SSSR count). The van der Waals surface area contributed by atoms with Crippen molar-refractivity contribution in [2.45, 2.75) is 31.2 Å². The Kier molecular flexibility index (Phi) is 8.48. The summed E-state index contributed by atoms with van der Waals surface area (Å²) in [7, 11) is 3.17. The Balaban J connectivity index is 1.57. The highest BCUT2D eigenvalue weighted by Gasteiger charge is 2.12. The van der Waals surface area contributed by atoms with Crippen molar-refractivity contribution in [2.75, 3.05) is 25.3 Å². The molecule has 1 N–H and O–H groups in total. The Hall–Kier alpha value is -3.09. The fourth-order valence-electron chi connectivity index (χ4n) is 2.95. The van der Waals surface area contributed by atoms with Gasteiger partial charge in [0.05, 0.1) is 25.5 Å². The Bertz CT molecular complexity index is 1120. The lowest BCUT2D eigenvalue weighted by molar-refractivity contribution is -0.115. The number of ether oxygens (including phenoxy) is 2. The molecule has 0 radical (unpaired) electrons. The van der Waals surface area contributed by atoms with E-state index in [0.717, 1.165) is 29.8 Å². The normalized spacial score (nSPS) is 10.4. The molecule has 2 aromatic heterocycles. The molecular formula is C23H24N4O3S2. The number of carbonyl (C=O) groups is 1. The smallest absolute Gasteiger partial charge is 0.226 e. The van der Waals surface area contributed by atoms with Crippen LogP contribution in [0.1, 0.15) is 31.0 Å². The number of nitrogens with one attached hydrogen (secondary N) is 1. The first kappa shape index (κ1) is 23.6. The highest BCUT2D eigenvalue weighted by atomic mass is 32.2. The largest absolute Gasteiger partial charge is 0.493 e. The number of thioether (sulfide) groups is 1. The summed E-state index contributed by atoms with van der Waals surface area (Å²) in [5.41, 5.74) is 3.12. The fraction of sp³-hybridized carbons (Fsp3) is 0.304. The van der Waals surface area contributed by atoms with Crippen molar-refractivity contribution < 1.29 is 14.3 Å². The molecule has 0 saturated heterocycles. The number of benzene rings is 1. The van der Waals surface area contributed by atoms with Gasteiger partial charge in [-0.1, -0.05) is 13.3 Å². The van der Waals surface area contributed by atoms with E-state index in [0.29, 0.717) is 39.4 Å². The molecule has 1 aromatic carbocycles. The number of methoxy groups -OCH3 is 2. The lowest BCUT2D eigenvalue weighted by atomic mass is 10.1. The van der Waals surface area contributed by atoms with Gasteiger partial charge in [0.15, 0.2) is 16.6 Å². The summed E-state index contributed by atoms with van der Waals surface area (Å²) < 4.78 is 10.6.